The smallest absolute Gasteiger partial charge is 0.303 e. The molecule has 0 heterocycles. The average molecular weight is 476 g/mol. The summed E-state index contributed by atoms with van der Waals surface area (Å²) < 4.78 is 5.58. The van der Waals surface area contributed by atoms with Crippen LogP contribution in [0.3, 0.4) is 0 Å². The average Bonchev–Trinajstić information content (AvgIpc) is 2.82. The van der Waals surface area contributed by atoms with Crippen molar-refractivity contribution in [3.8, 4) is 0 Å². The summed E-state index contributed by atoms with van der Waals surface area (Å²) in [5.41, 5.74) is 2.81. The summed E-state index contributed by atoms with van der Waals surface area (Å²) in [6.07, 6.45) is 4.49. The molecule has 0 aromatic heterocycles. The molecule has 0 saturated heterocycles. The van der Waals surface area contributed by atoms with E-state index in [4.69, 9.17) is 4.74 Å². The van der Waals surface area contributed by atoms with E-state index in [9.17, 15) is 9.90 Å². The molecule has 0 spiro atoms. The molecule has 1 fully saturated rings. The first-order chi connectivity index (χ1) is 16.7. The molecule has 4 rings (SSSR count). The lowest BCUT2D eigenvalue weighted by atomic mass is 9.57. The maximum Gasteiger partial charge on any atom is 0.303 e. The first-order valence-corrected chi connectivity index (χ1v) is 13.1. The Morgan fingerprint density at radius 1 is 1.09 bits per heavy atom. The van der Waals surface area contributed by atoms with E-state index in [-0.39, 0.29) is 30.0 Å². The lowest BCUT2D eigenvalue weighted by Crippen LogP contribution is -2.56. The zero-order valence-electron chi connectivity index (χ0n) is 21.9. The minimum atomic E-state index is -0.840. The predicted octanol–water partition coefficient (Wildman–Crippen LogP) is 6.02. The van der Waals surface area contributed by atoms with Crippen molar-refractivity contribution in [3.63, 3.8) is 0 Å². The molecule has 0 bridgehead atoms. The Kier molecular flexibility index (Phi) is 7.83. The number of esters is 1. The van der Waals surface area contributed by atoms with Gasteiger partial charge in [0.05, 0.1) is 11.6 Å². The van der Waals surface area contributed by atoms with E-state index in [1.54, 1.807) is 0 Å². The summed E-state index contributed by atoms with van der Waals surface area (Å²) in [6, 6.07) is 21.6. The van der Waals surface area contributed by atoms with Crippen molar-refractivity contribution in [2.24, 2.45) is 23.7 Å². The summed E-state index contributed by atoms with van der Waals surface area (Å²) in [6.45, 7) is 8.91. The minimum absolute atomic E-state index is 0.0772. The van der Waals surface area contributed by atoms with Crippen LogP contribution in [0.4, 0.5) is 0 Å². The highest BCUT2D eigenvalue weighted by Gasteiger charge is 2.52. The Morgan fingerprint density at radius 3 is 2.20 bits per heavy atom. The van der Waals surface area contributed by atoms with Crippen molar-refractivity contribution in [2.45, 2.75) is 64.7 Å². The largest absolute Gasteiger partial charge is 0.458 e. The number of benzene rings is 2. The molecule has 6 atom stereocenters. The molecule has 4 heteroatoms. The third-order valence-electron chi connectivity index (χ3n) is 8.57. The molecule has 35 heavy (non-hydrogen) atoms. The Bertz CT molecular complexity index is 981. The summed E-state index contributed by atoms with van der Waals surface area (Å²) in [7, 11) is 2.22. The predicted molar refractivity (Wildman–Crippen MR) is 141 cm³/mol. The Morgan fingerprint density at radius 2 is 1.66 bits per heavy atom. The van der Waals surface area contributed by atoms with Gasteiger partial charge >= 0.3 is 5.97 Å². The van der Waals surface area contributed by atoms with E-state index in [2.05, 4.69) is 92.5 Å². The number of carbonyl (C=O) groups is 1. The lowest BCUT2D eigenvalue weighted by molar-refractivity contribution is -0.159. The second kappa shape index (κ2) is 10.7. The lowest BCUT2D eigenvalue weighted by Gasteiger charge is -2.53. The van der Waals surface area contributed by atoms with E-state index in [0.29, 0.717) is 18.3 Å². The topological polar surface area (TPSA) is 49.8 Å². The second-order valence-electron chi connectivity index (χ2n) is 11.0. The van der Waals surface area contributed by atoms with E-state index in [1.807, 2.05) is 6.92 Å². The van der Waals surface area contributed by atoms with Crippen molar-refractivity contribution in [3.05, 3.63) is 83.4 Å². The van der Waals surface area contributed by atoms with E-state index in [0.717, 1.165) is 25.0 Å². The highest BCUT2D eigenvalue weighted by molar-refractivity contribution is 5.66. The Balaban J connectivity index is 1.58. The van der Waals surface area contributed by atoms with Crippen LogP contribution in [0.1, 0.15) is 64.1 Å². The molecule has 0 unspecified atom stereocenters. The molecule has 0 radical (unpaired) electrons. The maximum atomic E-state index is 11.9. The van der Waals surface area contributed by atoms with Gasteiger partial charge in [-0.05, 0) is 61.3 Å². The molecular formula is C31H41NO3. The van der Waals surface area contributed by atoms with Crippen LogP contribution in [-0.4, -0.2) is 41.3 Å². The quantitative estimate of drug-likeness (QED) is 0.393. The van der Waals surface area contributed by atoms with Gasteiger partial charge < -0.3 is 9.84 Å². The molecule has 0 amide bonds. The van der Waals surface area contributed by atoms with Gasteiger partial charge in [-0.2, -0.15) is 0 Å². The van der Waals surface area contributed by atoms with Gasteiger partial charge in [0.2, 0.25) is 0 Å². The van der Waals surface area contributed by atoms with Gasteiger partial charge in [0.25, 0.3) is 0 Å². The van der Waals surface area contributed by atoms with Crippen LogP contribution in [0.15, 0.2) is 72.3 Å². The molecule has 2 aliphatic carbocycles. The number of rotatable bonds is 7. The van der Waals surface area contributed by atoms with Crippen molar-refractivity contribution in [1.82, 2.24) is 4.90 Å². The number of carbonyl (C=O) groups excluding carboxylic acids is 1. The van der Waals surface area contributed by atoms with Crippen LogP contribution in [0, 0.1) is 23.7 Å². The van der Waals surface area contributed by atoms with Gasteiger partial charge in [0.15, 0.2) is 0 Å². The van der Waals surface area contributed by atoms with Crippen LogP contribution in [-0.2, 0) is 9.53 Å². The van der Waals surface area contributed by atoms with Crippen LogP contribution in [0.25, 0.3) is 0 Å². The fourth-order valence-corrected chi connectivity index (χ4v) is 6.67. The molecule has 1 saturated carbocycles. The first kappa shape index (κ1) is 25.7. The Labute approximate surface area is 211 Å². The third-order valence-corrected chi connectivity index (χ3v) is 8.57. The number of fused-ring (bicyclic) bond motifs is 1. The zero-order valence-corrected chi connectivity index (χ0v) is 21.9. The molecule has 2 aromatic rings. The van der Waals surface area contributed by atoms with Crippen LogP contribution in [0.5, 0.6) is 0 Å². The highest BCUT2D eigenvalue weighted by Crippen LogP contribution is 2.51. The maximum absolute atomic E-state index is 11.9. The molecular weight excluding hydrogens is 434 g/mol. The van der Waals surface area contributed by atoms with E-state index in [1.165, 1.54) is 18.1 Å². The zero-order chi connectivity index (χ0) is 25.2. The van der Waals surface area contributed by atoms with Crippen molar-refractivity contribution in [1.29, 1.82) is 0 Å². The monoisotopic (exact) mass is 475 g/mol. The van der Waals surface area contributed by atoms with Crippen molar-refractivity contribution < 1.29 is 14.6 Å². The molecule has 4 nitrogen and oxygen atoms in total. The molecule has 0 aliphatic heterocycles. The van der Waals surface area contributed by atoms with Gasteiger partial charge in [-0.15, -0.1) is 0 Å². The minimum Gasteiger partial charge on any atom is -0.458 e. The number of nitrogens with zero attached hydrogens (tertiary/aromatic N) is 1. The Hall–Kier alpha value is -2.43. The fraction of sp³-hybridized carbons (Fsp3) is 0.516. The highest BCUT2D eigenvalue weighted by atomic mass is 16.5. The van der Waals surface area contributed by atoms with Gasteiger partial charge in [0.1, 0.15) is 6.10 Å². The second-order valence-corrected chi connectivity index (χ2v) is 11.0. The van der Waals surface area contributed by atoms with E-state index < -0.39 is 5.60 Å². The molecule has 2 aliphatic rings. The van der Waals surface area contributed by atoms with Gasteiger partial charge in [-0.3, -0.25) is 9.69 Å². The van der Waals surface area contributed by atoms with Crippen LogP contribution < -0.4 is 0 Å². The molecule has 188 valence electrons. The van der Waals surface area contributed by atoms with E-state index >= 15 is 0 Å². The van der Waals surface area contributed by atoms with Crippen LogP contribution >= 0.6 is 0 Å². The first-order valence-electron chi connectivity index (χ1n) is 13.1. The molecule has 1 N–H and O–H groups in total. The number of ether oxygens (including phenoxy) is 1. The van der Waals surface area contributed by atoms with Crippen molar-refractivity contribution >= 4 is 5.97 Å². The molecule has 2 aromatic carbocycles. The number of aliphatic hydroxyl groups is 1. The SMILES string of the molecule is CC(=O)O[C@@H]1C[C@@]2(O)[C@H](C)CC[C@@H]([C@H](C)CN(C)C(c3ccccc3)c3ccccc3)[C@H]2C=C1C. The summed E-state index contributed by atoms with van der Waals surface area (Å²) in [4.78, 5) is 14.1. The van der Waals surface area contributed by atoms with Gasteiger partial charge in [0, 0.05) is 25.8 Å². The summed E-state index contributed by atoms with van der Waals surface area (Å²) in [5.74, 6) is 0.742. The van der Waals surface area contributed by atoms with Gasteiger partial charge in [-0.1, -0.05) is 80.6 Å². The number of hydrogen-bond acceptors (Lipinski definition) is 4. The normalized spacial score (nSPS) is 29.4. The fourth-order valence-electron chi connectivity index (χ4n) is 6.67. The number of hydrogen-bond donors (Lipinski definition) is 1. The summed E-state index contributed by atoms with van der Waals surface area (Å²) in [5, 5.41) is 11.9. The van der Waals surface area contributed by atoms with Gasteiger partial charge in [-0.25, -0.2) is 0 Å². The standard InChI is InChI=1S/C31H41NO3/c1-21-18-28-27(17-16-23(3)31(28,34)19-29(21)35-24(4)33)22(2)20-32(5)30(25-12-8-6-9-13-25)26-14-10-7-11-15-26/h6-15,18,22-23,27-30,34H,16-17,19-20H2,1-5H3/t22-,23-,27+,28-,29-,31-/m1/s1. The van der Waals surface area contributed by atoms with Crippen molar-refractivity contribution in [2.75, 3.05) is 13.6 Å². The van der Waals surface area contributed by atoms with Crippen LogP contribution in [0.2, 0.25) is 0 Å². The third kappa shape index (κ3) is 5.39. The summed E-state index contributed by atoms with van der Waals surface area (Å²) >= 11 is 0.